The van der Waals surface area contributed by atoms with Crippen LogP contribution in [0.5, 0.6) is 0 Å². The maximum atomic E-state index is 8.88. The molecule has 1 aromatic rings. The van der Waals surface area contributed by atoms with E-state index in [0.717, 1.165) is 24.0 Å². The quantitative estimate of drug-likeness (QED) is 0.869. The number of aliphatic hydroxyl groups is 1. The summed E-state index contributed by atoms with van der Waals surface area (Å²) in [7, 11) is 0. The predicted octanol–water partition coefficient (Wildman–Crippen LogP) is 3.04. The molecular weight excluding hydrogens is 266 g/mol. The molecule has 2 nitrogen and oxygen atoms in total. The second-order valence-electron chi connectivity index (χ2n) is 4.23. The SMILES string of the molecule is CC(C)N(CCCO)Cc1ccccc1Br. The largest absolute Gasteiger partial charge is 0.396 e. The van der Waals surface area contributed by atoms with E-state index in [1.807, 2.05) is 6.07 Å². The number of benzene rings is 1. The number of nitrogens with zero attached hydrogens (tertiary/aromatic N) is 1. The molecule has 0 atom stereocenters. The number of aliphatic hydroxyl groups excluding tert-OH is 1. The second-order valence-corrected chi connectivity index (χ2v) is 5.09. The molecule has 0 bridgehead atoms. The normalized spacial score (nSPS) is 11.4. The van der Waals surface area contributed by atoms with Crippen LogP contribution in [0.2, 0.25) is 0 Å². The van der Waals surface area contributed by atoms with Gasteiger partial charge in [-0.3, -0.25) is 4.90 Å². The van der Waals surface area contributed by atoms with Crippen LogP contribution in [-0.2, 0) is 6.54 Å². The van der Waals surface area contributed by atoms with Crippen molar-refractivity contribution < 1.29 is 5.11 Å². The molecule has 3 heteroatoms. The first-order valence-corrected chi connectivity index (χ1v) is 6.52. The first-order chi connectivity index (χ1) is 7.65. The molecule has 90 valence electrons. The van der Waals surface area contributed by atoms with Crippen molar-refractivity contribution in [1.29, 1.82) is 0 Å². The zero-order valence-electron chi connectivity index (χ0n) is 9.99. The number of hydrogen-bond acceptors (Lipinski definition) is 2. The third kappa shape index (κ3) is 4.24. The number of hydrogen-bond donors (Lipinski definition) is 1. The molecule has 0 aliphatic heterocycles. The third-order valence-electron chi connectivity index (χ3n) is 2.67. The molecular formula is C13H20BrNO. The van der Waals surface area contributed by atoms with Gasteiger partial charge in [-0.05, 0) is 31.9 Å². The Morgan fingerprint density at radius 2 is 2.00 bits per heavy atom. The summed E-state index contributed by atoms with van der Waals surface area (Å²) in [5.74, 6) is 0. The molecule has 0 unspecified atom stereocenters. The number of rotatable bonds is 6. The highest BCUT2D eigenvalue weighted by molar-refractivity contribution is 9.10. The van der Waals surface area contributed by atoms with E-state index < -0.39 is 0 Å². The van der Waals surface area contributed by atoms with Crippen LogP contribution in [0, 0.1) is 0 Å². The fourth-order valence-electron chi connectivity index (χ4n) is 1.64. The van der Waals surface area contributed by atoms with Crippen LogP contribution in [0.25, 0.3) is 0 Å². The molecule has 0 saturated heterocycles. The standard InChI is InChI=1S/C13H20BrNO/c1-11(2)15(8-5-9-16)10-12-6-3-4-7-13(12)14/h3-4,6-7,11,16H,5,8-10H2,1-2H3. The van der Waals surface area contributed by atoms with Gasteiger partial charge in [0.1, 0.15) is 0 Å². The van der Waals surface area contributed by atoms with Gasteiger partial charge in [-0.25, -0.2) is 0 Å². The molecule has 16 heavy (non-hydrogen) atoms. The monoisotopic (exact) mass is 285 g/mol. The molecule has 0 amide bonds. The first-order valence-electron chi connectivity index (χ1n) is 5.73. The van der Waals surface area contributed by atoms with E-state index in [1.165, 1.54) is 5.56 Å². The fraction of sp³-hybridized carbons (Fsp3) is 0.538. The molecule has 0 aromatic heterocycles. The van der Waals surface area contributed by atoms with Crippen LogP contribution >= 0.6 is 15.9 Å². The fourth-order valence-corrected chi connectivity index (χ4v) is 2.05. The van der Waals surface area contributed by atoms with Crippen LogP contribution in [0.3, 0.4) is 0 Å². The van der Waals surface area contributed by atoms with Crippen molar-refractivity contribution in [3.05, 3.63) is 34.3 Å². The highest BCUT2D eigenvalue weighted by Gasteiger charge is 2.10. The Labute approximate surface area is 106 Å². The Kier molecular flexibility index (Phi) is 6.03. The van der Waals surface area contributed by atoms with E-state index in [9.17, 15) is 0 Å². The van der Waals surface area contributed by atoms with Crippen LogP contribution < -0.4 is 0 Å². The van der Waals surface area contributed by atoms with Crippen LogP contribution in [0.1, 0.15) is 25.8 Å². The van der Waals surface area contributed by atoms with Gasteiger partial charge in [0.15, 0.2) is 0 Å². The molecule has 0 aliphatic carbocycles. The lowest BCUT2D eigenvalue weighted by atomic mass is 10.2. The average molecular weight is 286 g/mol. The minimum absolute atomic E-state index is 0.263. The smallest absolute Gasteiger partial charge is 0.0443 e. The lowest BCUT2D eigenvalue weighted by Gasteiger charge is -2.26. The van der Waals surface area contributed by atoms with Gasteiger partial charge in [0.2, 0.25) is 0 Å². The van der Waals surface area contributed by atoms with Crippen LogP contribution in [-0.4, -0.2) is 29.2 Å². The molecule has 1 aromatic carbocycles. The van der Waals surface area contributed by atoms with Crippen LogP contribution in [0.4, 0.5) is 0 Å². The van der Waals surface area contributed by atoms with Gasteiger partial charge in [0.25, 0.3) is 0 Å². The van der Waals surface area contributed by atoms with Gasteiger partial charge in [-0.1, -0.05) is 34.1 Å². The third-order valence-corrected chi connectivity index (χ3v) is 3.44. The van der Waals surface area contributed by atoms with Crippen molar-refractivity contribution in [2.75, 3.05) is 13.2 Å². The van der Waals surface area contributed by atoms with Gasteiger partial charge >= 0.3 is 0 Å². The lowest BCUT2D eigenvalue weighted by Crippen LogP contribution is -2.31. The highest BCUT2D eigenvalue weighted by Crippen LogP contribution is 2.18. The molecule has 1 N–H and O–H groups in total. The molecule has 1 rings (SSSR count). The van der Waals surface area contributed by atoms with Crippen molar-refractivity contribution in [2.24, 2.45) is 0 Å². The zero-order valence-corrected chi connectivity index (χ0v) is 11.6. The average Bonchev–Trinajstić information content (AvgIpc) is 2.26. The number of halogens is 1. The summed E-state index contributed by atoms with van der Waals surface area (Å²) in [6.07, 6.45) is 0.836. The van der Waals surface area contributed by atoms with Gasteiger partial charge in [0.05, 0.1) is 0 Å². The Bertz CT molecular complexity index is 315. The van der Waals surface area contributed by atoms with E-state index in [2.05, 4.69) is 52.9 Å². The van der Waals surface area contributed by atoms with E-state index in [1.54, 1.807) is 0 Å². The molecule has 0 fully saturated rings. The van der Waals surface area contributed by atoms with E-state index in [-0.39, 0.29) is 6.61 Å². The second kappa shape index (κ2) is 7.05. The topological polar surface area (TPSA) is 23.5 Å². The Morgan fingerprint density at radius 3 is 2.56 bits per heavy atom. The summed E-state index contributed by atoms with van der Waals surface area (Å²) >= 11 is 3.57. The van der Waals surface area contributed by atoms with E-state index >= 15 is 0 Å². The zero-order chi connectivity index (χ0) is 12.0. The van der Waals surface area contributed by atoms with Crippen molar-refractivity contribution in [3.8, 4) is 0 Å². The maximum Gasteiger partial charge on any atom is 0.0443 e. The van der Waals surface area contributed by atoms with Gasteiger partial charge < -0.3 is 5.11 Å². The predicted molar refractivity (Wildman–Crippen MR) is 71.4 cm³/mol. The summed E-state index contributed by atoms with van der Waals surface area (Å²) in [4.78, 5) is 2.37. The minimum Gasteiger partial charge on any atom is -0.396 e. The van der Waals surface area contributed by atoms with E-state index in [0.29, 0.717) is 6.04 Å². The van der Waals surface area contributed by atoms with Gasteiger partial charge in [-0.2, -0.15) is 0 Å². The Morgan fingerprint density at radius 1 is 1.31 bits per heavy atom. The summed E-state index contributed by atoms with van der Waals surface area (Å²) in [5.41, 5.74) is 1.30. The summed E-state index contributed by atoms with van der Waals surface area (Å²) < 4.78 is 1.16. The summed E-state index contributed by atoms with van der Waals surface area (Å²) in [6.45, 7) is 6.51. The van der Waals surface area contributed by atoms with Gasteiger partial charge in [-0.15, -0.1) is 0 Å². The van der Waals surface area contributed by atoms with Crippen molar-refractivity contribution in [2.45, 2.75) is 32.9 Å². The van der Waals surface area contributed by atoms with Crippen molar-refractivity contribution in [1.82, 2.24) is 4.90 Å². The Hall–Kier alpha value is -0.380. The maximum absolute atomic E-state index is 8.88. The molecule has 0 aliphatic rings. The van der Waals surface area contributed by atoms with Crippen LogP contribution in [0.15, 0.2) is 28.7 Å². The molecule has 0 radical (unpaired) electrons. The summed E-state index contributed by atoms with van der Waals surface area (Å²) in [5, 5.41) is 8.88. The molecule has 0 heterocycles. The lowest BCUT2D eigenvalue weighted by molar-refractivity contribution is 0.184. The minimum atomic E-state index is 0.263. The first kappa shape index (κ1) is 13.7. The molecule has 0 saturated carbocycles. The Balaban J connectivity index is 2.64. The highest BCUT2D eigenvalue weighted by atomic mass is 79.9. The van der Waals surface area contributed by atoms with Crippen molar-refractivity contribution >= 4 is 15.9 Å². The van der Waals surface area contributed by atoms with E-state index in [4.69, 9.17) is 5.11 Å². The molecule has 0 spiro atoms. The van der Waals surface area contributed by atoms with Gasteiger partial charge in [0, 0.05) is 30.2 Å². The summed E-state index contributed by atoms with van der Waals surface area (Å²) in [6, 6.07) is 8.79. The van der Waals surface area contributed by atoms with Crippen molar-refractivity contribution in [3.63, 3.8) is 0 Å².